The van der Waals surface area contributed by atoms with Gasteiger partial charge in [-0.15, -0.1) is 10.2 Å². The van der Waals surface area contributed by atoms with E-state index in [1.165, 1.54) is 12.3 Å². The van der Waals surface area contributed by atoms with Crippen molar-refractivity contribution in [2.45, 2.75) is 13.5 Å². The number of hydrogen-bond acceptors (Lipinski definition) is 6. The molecule has 10 heteroatoms. The molecule has 0 bridgehead atoms. The van der Waals surface area contributed by atoms with Gasteiger partial charge in [0.1, 0.15) is 18.6 Å². The molecule has 0 unspecified atom stereocenters. The second-order valence-corrected chi connectivity index (χ2v) is 5.82. The monoisotopic (exact) mass is 387 g/mol. The van der Waals surface area contributed by atoms with Crippen LogP contribution in [0.3, 0.4) is 0 Å². The average molecular weight is 388 g/mol. The van der Waals surface area contributed by atoms with Gasteiger partial charge in [-0.2, -0.15) is 5.10 Å². The molecule has 9 nitrogen and oxygen atoms in total. The lowest BCUT2D eigenvalue weighted by atomic mass is 10.1. The number of aryl methyl sites for hydroxylation is 1. The number of nitrogens with two attached hydrogens (primary N) is 1. The number of aromatic nitrogens is 3. The number of azo groups is 1. The molecule has 3 aromatic rings. The van der Waals surface area contributed by atoms with E-state index in [1.54, 1.807) is 23.7 Å². The highest BCUT2D eigenvalue weighted by molar-refractivity contribution is 5.59. The third-order valence-corrected chi connectivity index (χ3v) is 3.98. The number of nitro benzene ring substituents is 1. The fourth-order valence-electron chi connectivity index (χ4n) is 2.42. The fraction of sp³-hybridized carbons (Fsp3) is 0.176. The summed E-state index contributed by atoms with van der Waals surface area (Å²) in [6.07, 6.45) is 5.41. The fourth-order valence-corrected chi connectivity index (χ4v) is 2.42. The summed E-state index contributed by atoms with van der Waals surface area (Å²) in [4.78, 5) is 10.6. The maximum Gasteiger partial charge on any atom is 0.274 e. The molecular weight excluding hydrogens is 370 g/mol. The summed E-state index contributed by atoms with van der Waals surface area (Å²) in [7, 11) is 1.94. The van der Waals surface area contributed by atoms with Crippen molar-refractivity contribution in [3.8, 4) is 0 Å². The van der Waals surface area contributed by atoms with E-state index in [-0.39, 0.29) is 18.1 Å². The Kier molecular flexibility index (Phi) is 6.19. The van der Waals surface area contributed by atoms with Crippen LogP contribution in [0.15, 0.2) is 59.2 Å². The number of benzene rings is 1. The predicted molar refractivity (Wildman–Crippen MR) is 95.4 cm³/mol. The van der Waals surface area contributed by atoms with E-state index < -0.39 is 4.92 Å². The lowest BCUT2D eigenvalue weighted by Gasteiger charge is -2.03. The van der Waals surface area contributed by atoms with Crippen LogP contribution in [-0.2, 0) is 13.6 Å². The number of pyridine rings is 1. The van der Waals surface area contributed by atoms with Crippen molar-refractivity contribution in [3.05, 3.63) is 70.2 Å². The van der Waals surface area contributed by atoms with E-state index in [0.717, 1.165) is 5.56 Å². The third-order valence-electron chi connectivity index (χ3n) is 3.98. The zero-order valence-corrected chi connectivity index (χ0v) is 15.5. The van der Waals surface area contributed by atoms with E-state index in [2.05, 4.69) is 15.3 Å². The van der Waals surface area contributed by atoms with Gasteiger partial charge in [-0.3, -0.25) is 10.1 Å². The van der Waals surface area contributed by atoms with Crippen LogP contribution in [0.25, 0.3) is 0 Å². The minimum atomic E-state index is -0.444. The molecule has 0 aliphatic rings. The molecule has 0 spiro atoms. The van der Waals surface area contributed by atoms with Crippen molar-refractivity contribution >= 4 is 22.9 Å². The zero-order chi connectivity index (χ0) is 18.7. The number of halogens is 1. The van der Waals surface area contributed by atoms with Crippen LogP contribution in [0.1, 0.15) is 11.1 Å². The molecule has 140 valence electrons. The number of anilines is 1. The molecule has 2 aromatic heterocycles. The van der Waals surface area contributed by atoms with Crippen LogP contribution in [0, 0.1) is 17.0 Å². The third kappa shape index (κ3) is 4.45. The van der Waals surface area contributed by atoms with Crippen LogP contribution < -0.4 is 22.7 Å². The van der Waals surface area contributed by atoms with Crippen LogP contribution >= 0.6 is 0 Å². The van der Waals surface area contributed by atoms with Crippen molar-refractivity contribution in [2.24, 2.45) is 17.3 Å². The smallest absolute Gasteiger partial charge is 0.274 e. The van der Waals surface area contributed by atoms with E-state index in [1.807, 2.05) is 36.1 Å². The molecule has 0 saturated carbocycles. The first kappa shape index (κ1) is 20.0. The Labute approximate surface area is 161 Å². The summed E-state index contributed by atoms with van der Waals surface area (Å²) >= 11 is 0. The van der Waals surface area contributed by atoms with Crippen molar-refractivity contribution in [1.82, 2.24) is 9.78 Å². The largest absolute Gasteiger partial charge is 1.00 e. The highest BCUT2D eigenvalue weighted by atomic mass is 35.5. The number of rotatable bonds is 5. The summed E-state index contributed by atoms with van der Waals surface area (Å²) in [5.41, 5.74) is 8.43. The number of nitro groups is 1. The number of hydrogen-bond donors (Lipinski definition) is 1. The number of nitrogen functional groups attached to an aromatic ring is 1. The summed E-state index contributed by atoms with van der Waals surface area (Å²) in [5.74, 6) is 0.380. The Morgan fingerprint density at radius 3 is 2.56 bits per heavy atom. The molecule has 27 heavy (non-hydrogen) atoms. The standard InChI is InChI=1S/C17H18N7O2.ClH/c1-12-14(4-3-5-16(12)24(25)26)20-21-15-10-19-23(17(15)18)11-13-6-8-22(2)9-7-13;/h3-10H,11,18H2,1-2H3;1H/q+1;/p-1/b21-20+;. The molecule has 2 heterocycles. The van der Waals surface area contributed by atoms with Crippen molar-refractivity contribution in [3.63, 3.8) is 0 Å². The molecule has 0 aliphatic heterocycles. The SMILES string of the molecule is Cc1c(/N=N/c2cnn(Cc3cc[n+](C)cc3)c2N)cccc1[N+](=O)[O-].[Cl-]. The maximum atomic E-state index is 11.0. The summed E-state index contributed by atoms with van der Waals surface area (Å²) < 4.78 is 3.57. The van der Waals surface area contributed by atoms with Gasteiger partial charge in [0.05, 0.1) is 28.9 Å². The Balaban J connectivity index is 0.00000261. The lowest BCUT2D eigenvalue weighted by molar-refractivity contribution is -0.671. The Hall–Kier alpha value is -3.33. The topological polar surface area (TPSA) is 116 Å². The first-order valence-corrected chi connectivity index (χ1v) is 7.87. The Morgan fingerprint density at radius 1 is 1.22 bits per heavy atom. The van der Waals surface area contributed by atoms with Crippen LogP contribution in [0.4, 0.5) is 22.9 Å². The number of nitrogens with zero attached hydrogens (tertiary/aromatic N) is 6. The second-order valence-electron chi connectivity index (χ2n) is 5.82. The van der Waals surface area contributed by atoms with Crippen molar-refractivity contribution in [2.75, 3.05) is 5.73 Å². The lowest BCUT2D eigenvalue weighted by Crippen LogP contribution is -3.00. The van der Waals surface area contributed by atoms with Crippen LogP contribution in [0.5, 0.6) is 0 Å². The molecule has 0 amide bonds. The summed E-state index contributed by atoms with van der Waals surface area (Å²) in [5, 5.41) is 23.4. The maximum absolute atomic E-state index is 11.0. The van der Waals surface area contributed by atoms with Gasteiger partial charge >= 0.3 is 0 Å². The normalized spacial score (nSPS) is 10.7. The van der Waals surface area contributed by atoms with Gasteiger partial charge in [-0.25, -0.2) is 9.25 Å². The molecule has 0 radical (unpaired) electrons. The van der Waals surface area contributed by atoms with Gasteiger partial charge in [-0.1, -0.05) is 6.07 Å². The Morgan fingerprint density at radius 2 is 1.89 bits per heavy atom. The first-order valence-electron chi connectivity index (χ1n) is 7.87. The van der Waals surface area contributed by atoms with Gasteiger partial charge in [0.15, 0.2) is 12.4 Å². The van der Waals surface area contributed by atoms with E-state index in [4.69, 9.17) is 5.73 Å². The molecule has 0 fully saturated rings. The van der Waals surface area contributed by atoms with E-state index >= 15 is 0 Å². The molecule has 3 rings (SSSR count). The minimum absolute atomic E-state index is 0. The Bertz CT molecular complexity index is 983. The molecule has 1 aromatic carbocycles. The quantitative estimate of drug-likeness (QED) is 0.286. The first-order chi connectivity index (χ1) is 12.5. The summed E-state index contributed by atoms with van der Waals surface area (Å²) in [6.45, 7) is 2.15. The van der Waals surface area contributed by atoms with E-state index in [0.29, 0.717) is 29.3 Å². The summed E-state index contributed by atoms with van der Waals surface area (Å²) in [6, 6.07) is 8.63. The van der Waals surface area contributed by atoms with Gasteiger partial charge < -0.3 is 18.1 Å². The van der Waals surface area contributed by atoms with Crippen molar-refractivity contribution in [1.29, 1.82) is 0 Å². The molecule has 2 N–H and O–H groups in total. The molecule has 0 saturated heterocycles. The molecular formula is C17H18ClN7O2. The highest BCUT2D eigenvalue weighted by Gasteiger charge is 2.13. The molecule has 0 aliphatic carbocycles. The average Bonchev–Trinajstić information content (AvgIpc) is 2.96. The minimum Gasteiger partial charge on any atom is -1.00 e. The van der Waals surface area contributed by atoms with Crippen molar-refractivity contribution < 1.29 is 21.9 Å². The van der Waals surface area contributed by atoms with E-state index in [9.17, 15) is 10.1 Å². The van der Waals surface area contributed by atoms with Gasteiger partial charge in [-0.05, 0) is 18.6 Å². The van der Waals surface area contributed by atoms with Crippen LogP contribution in [0.2, 0.25) is 0 Å². The van der Waals surface area contributed by atoms with Gasteiger partial charge in [0.25, 0.3) is 5.69 Å². The zero-order valence-electron chi connectivity index (χ0n) is 14.8. The second kappa shape index (κ2) is 8.37. The van der Waals surface area contributed by atoms with Gasteiger partial charge in [0, 0.05) is 18.2 Å². The highest BCUT2D eigenvalue weighted by Crippen LogP contribution is 2.30. The molecule has 0 atom stereocenters. The van der Waals surface area contributed by atoms with Gasteiger partial charge in [0.2, 0.25) is 0 Å². The van der Waals surface area contributed by atoms with Crippen LogP contribution in [-0.4, -0.2) is 14.7 Å². The predicted octanol–water partition coefficient (Wildman–Crippen LogP) is -0.0259.